The average Bonchev–Trinajstić information content (AvgIpc) is 2.06. The maximum Gasteiger partial charge on any atom is 0.490 e. The van der Waals surface area contributed by atoms with Gasteiger partial charge in [-0.2, -0.15) is 0 Å². The van der Waals surface area contributed by atoms with Crippen LogP contribution in [0.15, 0.2) is 12.1 Å². The first-order valence-electron chi connectivity index (χ1n) is 4.90. The van der Waals surface area contributed by atoms with Gasteiger partial charge < -0.3 is 10.0 Å². The second-order valence-electron chi connectivity index (χ2n) is 4.78. The molecule has 0 aliphatic rings. The van der Waals surface area contributed by atoms with Crippen molar-refractivity contribution in [2.45, 2.75) is 33.1 Å². The topological polar surface area (TPSA) is 40.5 Å². The molecule has 2 N–H and O–H groups in total. The Morgan fingerprint density at radius 3 is 2.13 bits per heavy atom. The number of aryl methyl sites for hydroxylation is 1. The van der Waals surface area contributed by atoms with Gasteiger partial charge in [0.1, 0.15) is 0 Å². The molecule has 0 radical (unpaired) electrons. The smallest absolute Gasteiger partial charge is 0.423 e. The first-order valence-corrected chi connectivity index (χ1v) is 5.28. The van der Waals surface area contributed by atoms with Crippen molar-refractivity contribution in [2.24, 2.45) is 0 Å². The highest BCUT2D eigenvalue weighted by Gasteiger charge is 2.27. The minimum Gasteiger partial charge on any atom is -0.423 e. The van der Waals surface area contributed by atoms with Crippen molar-refractivity contribution in [3.8, 4) is 0 Å². The van der Waals surface area contributed by atoms with Gasteiger partial charge in [-0.25, -0.2) is 0 Å². The van der Waals surface area contributed by atoms with Crippen molar-refractivity contribution in [3.05, 3.63) is 28.3 Å². The van der Waals surface area contributed by atoms with E-state index in [1.165, 1.54) is 0 Å². The monoisotopic (exact) mass is 226 g/mol. The zero-order valence-corrected chi connectivity index (χ0v) is 10.3. The van der Waals surface area contributed by atoms with Crippen LogP contribution in [0.5, 0.6) is 0 Å². The molecule has 82 valence electrons. The van der Waals surface area contributed by atoms with Crippen LogP contribution in [0.2, 0.25) is 5.02 Å². The predicted molar refractivity (Wildman–Crippen MR) is 64.7 cm³/mol. The fourth-order valence-corrected chi connectivity index (χ4v) is 1.87. The van der Waals surface area contributed by atoms with E-state index in [0.29, 0.717) is 10.5 Å². The van der Waals surface area contributed by atoms with Crippen molar-refractivity contribution in [2.75, 3.05) is 0 Å². The zero-order chi connectivity index (χ0) is 11.8. The normalized spacial score (nSPS) is 11.7. The van der Waals surface area contributed by atoms with E-state index < -0.39 is 7.12 Å². The molecule has 0 saturated heterocycles. The molecule has 0 aliphatic carbocycles. The molecule has 15 heavy (non-hydrogen) atoms. The molecular formula is C11H16BClO2. The summed E-state index contributed by atoms with van der Waals surface area (Å²) in [7, 11) is -1.52. The fraction of sp³-hybridized carbons (Fsp3) is 0.455. The van der Waals surface area contributed by atoms with Crippen LogP contribution in [0, 0.1) is 6.92 Å². The van der Waals surface area contributed by atoms with Crippen molar-refractivity contribution in [1.82, 2.24) is 0 Å². The summed E-state index contributed by atoms with van der Waals surface area (Å²) in [6.45, 7) is 7.89. The number of halogens is 1. The van der Waals surface area contributed by atoms with Crippen molar-refractivity contribution >= 4 is 24.2 Å². The summed E-state index contributed by atoms with van der Waals surface area (Å²) in [6, 6.07) is 3.80. The summed E-state index contributed by atoms with van der Waals surface area (Å²) in [6.07, 6.45) is 0. The van der Waals surface area contributed by atoms with Gasteiger partial charge in [0, 0.05) is 10.5 Å². The maximum atomic E-state index is 9.34. The molecule has 0 atom stereocenters. The Labute approximate surface area is 96.0 Å². The molecule has 0 heterocycles. The van der Waals surface area contributed by atoms with Gasteiger partial charge in [-0.05, 0) is 23.5 Å². The second kappa shape index (κ2) is 4.16. The van der Waals surface area contributed by atoms with E-state index in [2.05, 4.69) is 0 Å². The van der Waals surface area contributed by atoms with Gasteiger partial charge in [-0.3, -0.25) is 0 Å². The minimum absolute atomic E-state index is 0.156. The van der Waals surface area contributed by atoms with E-state index in [9.17, 15) is 10.0 Å². The summed E-state index contributed by atoms with van der Waals surface area (Å²) in [5.74, 6) is 0. The molecule has 1 aromatic carbocycles. The Balaban J connectivity index is 3.47. The van der Waals surface area contributed by atoms with E-state index in [1.54, 1.807) is 0 Å². The minimum atomic E-state index is -1.52. The predicted octanol–water partition coefficient (Wildman–Crippen LogP) is 1.63. The standard InChI is InChI=1S/C11H16BClO2/c1-7-5-6-8(11(2,3)4)9(10(7)13)12(14)15/h5-6,14-15H,1-4H3. The molecule has 0 bridgehead atoms. The van der Waals surface area contributed by atoms with Crippen molar-refractivity contribution < 1.29 is 10.0 Å². The van der Waals surface area contributed by atoms with Gasteiger partial charge in [0.2, 0.25) is 0 Å². The molecule has 1 rings (SSSR count). The third kappa shape index (κ3) is 2.54. The number of rotatable bonds is 1. The molecule has 0 amide bonds. The lowest BCUT2D eigenvalue weighted by atomic mass is 9.69. The van der Waals surface area contributed by atoms with Crippen LogP contribution in [0.25, 0.3) is 0 Å². The van der Waals surface area contributed by atoms with Gasteiger partial charge in [-0.15, -0.1) is 0 Å². The molecule has 0 saturated carbocycles. The quantitative estimate of drug-likeness (QED) is 0.715. The van der Waals surface area contributed by atoms with Gasteiger partial charge in [-0.1, -0.05) is 44.5 Å². The molecule has 0 aliphatic heterocycles. The molecule has 0 spiro atoms. The van der Waals surface area contributed by atoms with Crippen molar-refractivity contribution in [1.29, 1.82) is 0 Å². The van der Waals surface area contributed by atoms with E-state index in [1.807, 2.05) is 39.8 Å². The van der Waals surface area contributed by atoms with E-state index >= 15 is 0 Å². The number of hydrogen-bond acceptors (Lipinski definition) is 2. The van der Waals surface area contributed by atoms with E-state index in [-0.39, 0.29) is 5.41 Å². The highest BCUT2D eigenvalue weighted by atomic mass is 35.5. The molecule has 0 aromatic heterocycles. The molecule has 0 unspecified atom stereocenters. The van der Waals surface area contributed by atoms with Crippen molar-refractivity contribution in [3.63, 3.8) is 0 Å². The SMILES string of the molecule is Cc1ccc(C(C)(C)C)c(B(O)O)c1Cl. The first-order chi connectivity index (χ1) is 6.75. The number of hydrogen-bond donors (Lipinski definition) is 2. The van der Waals surface area contributed by atoms with Crippen LogP contribution >= 0.6 is 11.6 Å². The van der Waals surface area contributed by atoms with Crippen LogP contribution in [0.3, 0.4) is 0 Å². The Hall–Kier alpha value is -0.505. The second-order valence-corrected chi connectivity index (χ2v) is 5.16. The fourth-order valence-electron chi connectivity index (χ4n) is 1.61. The third-order valence-electron chi connectivity index (χ3n) is 2.44. The highest BCUT2D eigenvalue weighted by Crippen LogP contribution is 2.25. The Bertz CT molecular complexity index is 370. The van der Waals surface area contributed by atoms with E-state index in [4.69, 9.17) is 11.6 Å². The Morgan fingerprint density at radius 2 is 1.73 bits per heavy atom. The lowest BCUT2D eigenvalue weighted by Crippen LogP contribution is -2.38. The Kier molecular flexibility index (Phi) is 3.49. The van der Waals surface area contributed by atoms with Gasteiger partial charge >= 0.3 is 7.12 Å². The molecular weight excluding hydrogens is 210 g/mol. The Morgan fingerprint density at radius 1 is 1.20 bits per heavy atom. The van der Waals surface area contributed by atoms with Crippen LogP contribution in [-0.4, -0.2) is 17.2 Å². The molecule has 4 heteroatoms. The summed E-state index contributed by atoms with van der Waals surface area (Å²) in [5, 5.41) is 19.1. The van der Waals surface area contributed by atoms with Gasteiger partial charge in [0.05, 0.1) is 0 Å². The summed E-state index contributed by atoms with van der Waals surface area (Å²) in [5.41, 5.74) is 1.99. The lowest BCUT2D eigenvalue weighted by molar-refractivity contribution is 0.424. The molecule has 1 aromatic rings. The first kappa shape index (κ1) is 12.6. The number of benzene rings is 1. The maximum absolute atomic E-state index is 9.34. The summed E-state index contributed by atoms with van der Waals surface area (Å²) in [4.78, 5) is 0. The summed E-state index contributed by atoms with van der Waals surface area (Å²) >= 11 is 6.08. The van der Waals surface area contributed by atoms with E-state index in [0.717, 1.165) is 11.1 Å². The van der Waals surface area contributed by atoms with Gasteiger partial charge in [0.25, 0.3) is 0 Å². The molecule has 2 nitrogen and oxygen atoms in total. The third-order valence-corrected chi connectivity index (χ3v) is 2.94. The van der Waals surface area contributed by atoms with Crippen LogP contribution in [0.1, 0.15) is 31.9 Å². The van der Waals surface area contributed by atoms with Crippen LogP contribution < -0.4 is 5.46 Å². The van der Waals surface area contributed by atoms with Crippen LogP contribution in [-0.2, 0) is 5.41 Å². The van der Waals surface area contributed by atoms with Gasteiger partial charge in [0.15, 0.2) is 0 Å². The molecule has 0 fully saturated rings. The largest absolute Gasteiger partial charge is 0.490 e. The summed E-state index contributed by atoms with van der Waals surface area (Å²) < 4.78 is 0. The highest BCUT2D eigenvalue weighted by molar-refractivity contribution is 6.63. The lowest BCUT2D eigenvalue weighted by Gasteiger charge is -2.24. The van der Waals surface area contributed by atoms with Crippen LogP contribution in [0.4, 0.5) is 0 Å². The zero-order valence-electron chi connectivity index (χ0n) is 9.50. The average molecular weight is 227 g/mol.